The van der Waals surface area contributed by atoms with Crippen molar-refractivity contribution >= 4 is 34.5 Å². The van der Waals surface area contributed by atoms with Crippen molar-refractivity contribution in [3.05, 3.63) is 50.7 Å². The molecule has 1 amide bonds. The van der Waals surface area contributed by atoms with E-state index in [0.29, 0.717) is 10.8 Å². The lowest BCUT2D eigenvalue weighted by molar-refractivity contribution is -0.117. The standard InChI is InChI=1S/C14H12ClNO2S/c1-16-10-3-2-8(6-9(10)7-13(16)17)14(18)11-4-5-12(15)19-11/h2-6,14,18H,7H2,1H3. The molecule has 5 heteroatoms. The number of hydrogen-bond acceptors (Lipinski definition) is 3. The number of hydrogen-bond donors (Lipinski definition) is 1. The molecule has 19 heavy (non-hydrogen) atoms. The Morgan fingerprint density at radius 1 is 1.37 bits per heavy atom. The van der Waals surface area contributed by atoms with Gasteiger partial charge in [-0.15, -0.1) is 11.3 Å². The number of nitrogens with zero attached hydrogens (tertiary/aromatic N) is 1. The minimum atomic E-state index is -0.691. The maximum Gasteiger partial charge on any atom is 0.231 e. The number of aliphatic hydroxyl groups is 1. The van der Waals surface area contributed by atoms with Crippen LogP contribution < -0.4 is 4.90 Å². The first kappa shape index (κ1) is 12.7. The molecule has 0 radical (unpaired) electrons. The van der Waals surface area contributed by atoms with Crippen molar-refractivity contribution in [2.45, 2.75) is 12.5 Å². The van der Waals surface area contributed by atoms with E-state index >= 15 is 0 Å². The summed E-state index contributed by atoms with van der Waals surface area (Å²) in [6, 6.07) is 9.23. The molecule has 1 aliphatic heterocycles. The predicted octanol–water partition coefficient (Wildman–Crippen LogP) is 3.00. The Morgan fingerprint density at radius 3 is 2.84 bits per heavy atom. The van der Waals surface area contributed by atoms with Gasteiger partial charge in [0.25, 0.3) is 0 Å². The average molecular weight is 294 g/mol. The molecule has 0 spiro atoms. The van der Waals surface area contributed by atoms with Crippen molar-refractivity contribution in [3.63, 3.8) is 0 Å². The summed E-state index contributed by atoms with van der Waals surface area (Å²) in [6.07, 6.45) is -0.291. The second-order valence-corrected chi connectivity index (χ2v) is 6.31. The number of benzene rings is 1. The number of aliphatic hydroxyl groups excluding tert-OH is 1. The van der Waals surface area contributed by atoms with Crippen LogP contribution >= 0.6 is 22.9 Å². The fourth-order valence-electron chi connectivity index (χ4n) is 2.30. The minimum absolute atomic E-state index is 0.0841. The van der Waals surface area contributed by atoms with Crippen molar-refractivity contribution in [3.8, 4) is 0 Å². The summed E-state index contributed by atoms with van der Waals surface area (Å²) in [4.78, 5) is 14.1. The lowest BCUT2D eigenvalue weighted by Crippen LogP contribution is -2.20. The molecule has 98 valence electrons. The Hall–Kier alpha value is -1.36. The molecule has 0 bridgehead atoms. The minimum Gasteiger partial charge on any atom is -0.383 e. The molecular formula is C14H12ClNO2S. The fraction of sp³-hybridized carbons (Fsp3) is 0.214. The highest BCUT2D eigenvalue weighted by Crippen LogP contribution is 2.34. The van der Waals surface area contributed by atoms with Crippen LogP contribution in [0, 0.1) is 0 Å². The number of amides is 1. The van der Waals surface area contributed by atoms with Gasteiger partial charge in [-0.05, 0) is 29.3 Å². The lowest BCUT2D eigenvalue weighted by atomic mass is 10.0. The van der Waals surface area contributed by atoms with Gasteiger partial charge >= 0.3 is 0 Å². The van der Waals surface area contributed by atoms with Crippen LogP contribution in [0.1, 0.15) is 22.1 Å². The zero-order chi connectivity index (χ0) is 13.6. The van der Waals surface area contributed by atoms with Crippen molar-refractivity contribution in [2.75, 3.05) is 11.9 Å². The van der Waals surface area contributed by atoms with Crippen LogP contribution in [0.5, 0.6) is 0 Å². The number of anilines is 1. The zero-order valence-electron chi connectivity index (χ0n) is 10.3. The lowest BCUT2D eigenvalue weighted by Gasteiger charge is -2.13. The Labute approximate surface area is 120 Å². The molecule has 1 unspecified atom stereocenters. The van der Waals surface area contributed by atoms with Gasteiger partial charge in [-0.2, -0.15) is 0 Å². The molecule has 0 fully saturated rings. The van der Waals surface area contributed by atoms with E-state index in [0.717, 1.165) is 21.7 Å². The first-order chi connectivity index (χ1) is 9.06. The Morgan fingerprint density at radius 2 is 2.16 bits per heavy atom. The summed E-state index contributed by atoms with van der Waals surface area (Å²) in [6.45, 7) is 0. The van der Waals surface area contributed by atoms with Crippen LogP contribution in [0.25, 0.3) is 0 Å². The third-order valence-electron chi connectivity index (χ3n) is 3.36. The van der Waals surface area contributed by atoms with Crippen LogP contribution in [-0.4, -0.2) is 18.1 Å². The fourth-order valence-corrected chi connectivity index (χ4v) is 3.37. The highest BCUT2D eigenvalue weighted by atomic mass is 35.5. The van der Waals surface area contributed by atoms with E-state index in [1.807, 2.05) is 24.3 Å². The molecule has 2 heterocycles. The third kappa shape index (κ3) is 2.16. The SMILES string of the molecule is CN1C(=O)Cc2cc(C(O)c3ccc(Cl)s3)ccc21. The van der Waals surface area contributed by atoms with Crippen LogP contribution in [0.4, 0.5) is 5.69 Å². The van der Waals surface area contributed by atoms with Gasteiger partial charge in [-0.3, -0.25) is 4.79 Å². The number of carbonyl (C=O) groups excluding carboxylic acids is 1. The summed E-state index contributed by atoms with van der Waals surface area (Å²) in [5, 5.41) is 10.3. The van der Waals surface area contributed by atoms with E-state index < -0.39 is 6.10 Å². The Balaban J connectivity index is 1.95. The van der Waals surface area contributed by atoms with Gasteiger partial charge in [-0.1, -0.05) is 23.7 Å². The topological polar surface area (TPSA) is 40.5 Å². The van der Waals surface area contributed by atoms with Gasteiger partial charge in [-0.25, -0.2) is 0 Å². The van der Waals surface area contributed by atoms with E-state index in [-0.39, 0.29) is 5.91 Å². The molecule has 1 aromatic carbocycles. The summed E-state index contributed by atoms with van der Waals surface area (Å²) in [7, 11) is 1.77. The van der Waals surface area contributed by atoms with Gasteiger partial charge in [0.2, 0.25) is 5.91 Å². The molecule has 0 saturated carbocycles. The molecule has 0 saturated heterocycles. The Kier molecular flexibility index (Phi) is 3.09. The molecule has 1 N–H and O–H groups in total. The number of halogens is 1. The Bertz CT molecular complexity index is 653. The number of rotatable bonds is 2. The first-order valence-corrected chi connectivity index (χ1v) is 7.08. The van der Waals surface area contributed by atoms with Crippen LogP contribution in [0.3, 0.4) is 0 Å². The number of carbonyl (C=O) groups is 1. The van der Waals surface area contributed by atoms with Crippen molar-refractivity contribution in [2.24, 2.45) is 0 Å². The molecular weight excluding hydrogens is 282 g/mol. The molecule has 1 aromatic heterocycles. The maximum absolute atomic E-state index is 11.6. The number of thiophene rings is 1. The van der Waals surface area contributed by atoms with Crippen LogP contribution in [0.15, 0.2) is 30.3 Å². The second-order valence-electron chi connectivity index (χ2n) is 4.56. The zero-order valence-corrected chi connectivity index (χ0v) is 11.8. The molecule has 1 atom stereocenters. The summed E-state index contributed by atoms with van der Waals surface area (Å²) in [5.74, 6) is 0.0841. The molecule has 3 rings (SSSR count). The first-order valence-electron chi connectivity index (χ1n) is 5.89. The summed E-state index contributed by atoms with van der Waals surface area (Å²) < 4.78 is 0.658. The van der Waals surface area contributed by atoms with Crippen molar-refractivity contribution < 1.29 is 9.90 Å². The van der Waals surface area contributed by atoms with E-state index in [9.17, 15) is 9.90 Å². The quantitative estimate of drug-likeness (QED) is 0.925. The number of fused-ring (bicyclic) bond motifs is 1. The van der Waals surface area contributed by atoms with Gasteiger partial charge in [0.15, 0.2) is 0 Å². The van der Waals surface area contributed by atoms with Gasteiger partial charge in [0.05, 0.1) is 10.8 Å². The predicted molar refractivity (Wildman–Crippen MR) is 76.9 cm³/mol. The normalized spacial score (nSPS) is 15.7. The van der Waals surface area contributed by atoms with E-state index in [1.165, 1.54) is 11.3 Å². The monoisotopic (exact) mass is 293 g/mol. The largest absolute Gasteiger partial charge is 0.383 e. The molecule has 2 aromatic rings. The van der Waals surface area contributed by atoms with Gasteiger partial charge in [0.1, 0.15) is 6.10 Å². The van der Waals surface area contributed by atoms with Crippen molar-refractivity contribution in [1.82, 2.24) is 0 Å². The van der Waals surface area contributed by atoms with Crippen LogP contribution in [0.2, 0.25) is 4.34 Å². The van der Waals surface area contributed by atoms with E-state index in [1.54, 1.807) is 18.0 Å². The average Bonchev–Trinajstić information content (AvgIpc) is 2.94. The van der Waals surface area contributed by atoms with Gasteiger partial charge < -0.3 is 10.0 Å². The van der Waals surface area contributed by atoms with E-state index in [2.05, 4.69) is 0 Å². The third-order valence-corrected chi connectivity index (χ3v) is 4.64. The van der Waals surface area contributed by atoms with Crippen LogP contribution in [-0.2, 0) is 11.2 Å². The smallest absolute Gasteiger partial charge is 0.231 e. The molecule has 3 nitrogen and oxygen atoms in total. The van der Waals surface area contributed by atoms with Crippen molar-refractivity contribution in [1.29, 1.82) is 0 Å². The number of likely N-dealkylation sites (N-methyl/N-ethyl adjacent to an activating group) is 1. The molecule has 0 aliphatic carbocycles. The summed E-state index contributed by atoms with van der Waals surface area (Å²) >= 11 is 7.24. The molecule has 1 aliphatic rings. The highest BCUT2D eigenvalue weighted by molar-refractivity contribution is 7.16. The highest BCUT2D eigenvalue weighted by Gasteiger charge is 2.25. The van der Waals surface area contributed by atoms with E-state index in [4.69, 9.17) is 11.6 Å². The second kappa shape index (κ2) is 4.63. The maximum atomic E-state index is 11.6. The summed E-state index contributed by atoms with van der Waals surface area (Å²) in [5.41, 5.74) is 2.68. The van der Waals surface area contributed by atoms with Gasteiger partial charge in [0, 0.05) is 17.6 Å².